The Labute approximate surface area is 170 Å². The maximum absolute atomic E-state index is 12.6. The van der Waals surface area contributed by atoms with E-state index in [0.29, 0.717) is 10.7 Å². The second-order valence-electron chi connectivity index (χ2n) is 8.54. The maximum atomic E-state index is 12.6. The molecule has 1 fully saturated rings. The van der Waals surface area contributed by atoms with Crippen molar-refractivity contribution < 1.29 is 14.1 Å². The zero-order chi connectivity index (χ0) is 20.1. The molecular formula is C20H26BN3O3S. The van der Waals surface area contributed by atoms with E-state index < -0.39 is 7.12 Å². The van der Waals surface area contributed by atoms with E-state index in [9.17, 15) is 4.79 Å². The summed E-state index contributed by atoms with van der Waals surface area (Å²) in [5.74, 6) is -0.153. The quantitative estimate of drug-likeness (QED) is 0.805. The van der Waals surface area contributed by atoms with Crippen molar-refractivity contribution in [1.82, 2.24) is 9.88 Å². The molecule has 2 aliphatic heterocycles. The van der Waals surface area contributed by atoms with Gasteiger partial charge in [0.1, 0.15) is 0 Å². The van der Waals surface area contributed by atoms with Crippen LogP contribution in [0, 0.1) is 0 Å². The molecule has 148 valence electrons. The first-order valence-corrected chi connectivity index (χ1v) is 10.4. The lowest BCUT2D eigenvalue weighted by Crippen LogP contribution is -2.41. The number of aromatic nitrogens is 1. The second-order valence-corrected chi connectivity index (χ2v) is 9.62. The van der Waals surface area contributed by atoms with Crippen LogP contribution < -0.4 is 10.8 Å². The fraction of sp³-hybridized carbons (Fsp3) is 0.500. The number of amides is 1. The minimum atomic E-state index is -0.426. The molecule has 0 saturated carbocycles. The lowest BCUT2D eigenvalue weighted by Gasteiger charge is -2.32. The molecule has 1 N–H and O–H groups in total. The highest BCUT2D eigenvalue weighted by Gasteiger charge is 2.51. The predicted molar refractivity (Wildman–Crippen MR) is 112 cm³/mol. The van der Waals surface area contributed by atoms with Crippen molar-refractivity contribution in [1.29, 1.82) is 0 Å². The lowest BCUT2D eigenvalue weighted by molar-refractivity contribution is 0.00578. The summed E-state index contributed by atoms with van der Waals surface area (Å²) >= 11 is 1.56. The Kier molecular flexibility index (Phi) is 4.86. The average Bonchev–Trinajstić information content (AvgIpc) is 3.11. The molecule has 2 aliphatic rings. The zero-order valence-electron chi connectivity index (χ0n) is 17.0. The summed E-state index contributed by atoms with van der Waals surface area (Å²) in [7, 11) is 1.67. The third kappa shape index (κ3) is 3.62. The number of carbonyl (C=O) groups excluding carboxylic acids is 1. The standard InChI is InChI=1S/C20H26BN3O3S/c1-19(2)20(3,4)27-21(26-19)14-8-6-13(7-9-14)17(25)23-18-22-15-10-11-24(5)12-16(15)28-18/h6-9H,10-12H2,1-5H3,(H,22,23,25). The van der Waals surface area contributed by atoms with Crippen LogP contribution >= 0.6 is 11.3 Å². The maximum Gasteiger partial charge on any atom is 0.494 e. The number of carbonyl (C=O) groups is 1. The third-order valence-corrected chi connectivity index (χ3v) is 6.84. The molecule has 0 aliphatic carbocycles. The van der Waals surface area contributed by atoms with E-state index >= 15 is 0 Å². The smallest absolute Gasteiger partial charge is 0.399 e. The van der Waals surface area contributed by atoms with Gasteiger partial charge in [-0.05, 0) is 52.3 Å². The van der Waals surface area contributed by atoms with Crippen molar-refractivity contribution in [3.8, 4) is 0 Å². The van der Waals surface area contributed by atoms with Gasteiger partial charge < -0.3 is 14.2 Å². The Morgan fingerprint density at radius 2 is 1.82 bits per heavy atom. The molecule has 0 radical (unpaired) electrons. The Balaban J connectivity index is 1.44. The SMILES string of the molecule is CN1CCc2nc(NC(=O)c3ccc(B4OC(C)(C)C(C)(C)O4)cc3)sc2C1. The van der Waals surface area contributed by atoms with Crippen LogP contribution in [0.1, 0.15) is 48.6 Å². The van der Waals surface area contributed by atoms with Gasteiger partial charge in [-0.2, -0.15) is 0 Å². The van der Waals surface area contributed by atoms with E-state index in [2.05, 4.69) is 22.2 Å². The second kappa shape index (κ2) is 6.95. The predicted octanol–water partition coefficient (Wildman–Crippen LogP) is 2.68. The normalized spacial score (nSPS) is 20.8. The van der Waals surface area contributed by atoms with Crippen LogP contribution in [-0.4, -0.2) is 47.7 Å². The molecule has 3 heterocycles. The molecule has 0 spiro atoms. The summed E-state index contributed by atoms with van der Waals surface area (Å²) in [6.45, 7) is 10.0. The van der Waals surface area contributed by atoms with Crippen molar-refractivity contribution in [3.63, 3.8) is 0 Å². The van der Waals surface area contributed by atoms with Gasteiger partial charge in [0.05, 0.1) is 16.9 Å². The van der Waals surface area contributed by atoms with E-state index in [1.54, 1.807) is 23.5 Å². The molecular weight excluding hydrogens is 373 g/mol. The Bertz CT molecular complexity index is 879. The van der Waals surface area contributed by atoms with E-state index in [1.807, 2.05) is 39.8 Å². The Morgan fingerprint density at radius 1 is 1.18 bits per heavy atom. The highest BCUT2D eigenvalue weighted by atomic mass is 32.1. The molecule has 2 aromatic rings. The average molecular weight is 399 g/mol. The topological polar surface area (TPSA) is 63.7 Å². The van der Waals surface area contributed by atoms with Crippen molar-refractivity contribution in [2.45, 2.75) is 51.9 Å². The highest BCUT2D eigenvalue weighted by molar-refractivity contribution is 7.15. The van der Waals surface area contributed by atoms with Crippen LogP contribution in [0.25, 0.3) is 0 Å². The number of likely N-dealkylation sites (N-methyl/N-ethyl adjacent to an activating group) is 1. The van der Waals surface area contributed by atoms with Crippen molar-refractivity contribution in [2.75, 3.05) is 18.9 Å². The summed E-state index contributed by atoms with van der Waals surface area (Å²) in [5.41, 5.74) is 1.83. The first-order chi connectivity index (χ1) is 13.1. The van der Waals surface area contributed by atoms with Gasteiger partial charge in [-0.3, -0.25) is 10.1 Å². The molecule has 8 heteroatoms. The molecule has 0 atom stereocenters. The summed E-state index contributed by atoms with van der Waals surface area (Å²) < 4.78 is 12.1. The number of thiazole rings is 1. The number of nitrogens with one attached hydrogen (secondary N) is 1. The molecule has 1 amide bonds. The van der Waals surface area contributed by atoms with Crippen LogP contribution in [0.2, 0.25) is 0 Å². The zero-order valence-corrected chi connectivity index (χ0v) is 17.9. The molecule has 1 saturated heterocycles. The van der Waals surface area contributed by atoms with E-state index in [-0.39, 0.29) is 17.1 Å². The fourth-order valence-corrected chi connectivity index (χ4v) is 4.40. The number of hydrogen-bond donors (Lipinski definition) is 1. The van der Waals surface area contributed by atoms with Gasteiger partial charge in [-0.25, -0.2) is 4.98 Å². The van der Waals surface area contributed by atoms with Crippen LogP contribution in [0.3, 0.4) is 0 Å². The van der Waals surface area contributed by atoms with E-state index in [1.165, 1.54) is 4.88 Å². The minimum absolute atomic E-state index is 0.153. The van der Waals surface area contributed by atoms with Gasteiger partial charge in [0.2, 0.25) is 0 Å². The van der Waals surface area contributed by atoms with Gasteiger partial charge in [-0.1, -0.05) is 12.1 Å². The molecule has 0 unspecified atom stereocenters. The summed E-state index contributed by atoms with van der Waals surface area (Å²) in [6, 6.07) is 7.38. The first kappa shape index (κ1) is 19.6. The minimum Gasteiger partial charge on any atom is -0.399 e. The lowest BCUT2D eigenvalue weighted by atomic mass is 9.79. The van der Waals surface area contributed by atoms with Crippen LogP contribution in [-0.2, 0) is 22.3 Å². The van der Waals surface area contributed by atoms with Crippen LogP contribution in [0.5, 0.6) is 0 Å². The highest BCUT2D eigenvalue weighted by Crippen LogP contribution is 2.36. The fourth-order valence-electron chi connectivity index (χ4n) is 3.32. The molecule has 1 aromatic carbocycles. The number of benzene rings is 1. The first-order valence-electron chi connectivity index (χ1n) is 9.59. The number of nitrogens with zero attached hydrogens (tertiary/aromatic N) is 2. The van der Waals surface area contributed by atoms with Gasteiger partial charge in [0, 0.05) is 30.0 Å². The third-order valence-electron chi connectivity index (χ3n) is 5.84. The summed E-state index contributed by atoms with van der Waals surface area (Å²) in [6.07, 6.45) is 0.932. The molecule has 4 rings (SSSR count). The summed E-state index contributed by atoms with van der Waals surface area (Å²) in [5, 5.41) is 3.60. The van der Waals surface area contributed by atoms with Crippen LogP contribution in [0.4, 0.5) is 5.13 Å². The Hall–Kier alpha value is -1.74. The van der Waals surface area contributed by atoms with Crippen molar-refractivity contribution in [3.05, 3.63) is 40.4 Å². The monoisotopic (exact) mass is 399 g/mol. The van der Waals surface area contributed by atoms with Gasteiger partial charge >= 0.3 is 7.12 Å². The van der Waals surface area contributed by atoms with E-state index in [0.717, 1.165) is 30.7 Å². The van der Waals surface area contributed by atoms with Crippen molar-refractivity contribution in [2.24, 2.45) is 0 Å². The summed E-state index contributed by atoms with van der Waals surface area (Å²) in [4.78, 5) is 20.7. The number of fused-ring (bicyclic) bond motifs is 1. The Morgan fingerprint density at radius 3 is 2.46 bits per heavy atom. The molecule has 28 heavy (non-hydrogen) atoms. The van der Waals surface area contributed by atoms with Crippen LogP contribution in [0.15, 0.2) is 24.3 Å². The van der Waals surface area contributed by atoms with Gasteiger partial charge in [-0.15, -0.1) is 11.3 Å². The largest absolute Gasteiger partial charge is 0.494 e. The van der Waals surface area contributed by atoms with Crippen molar-refractivity contribution >= 4 is 35.0 Å². The number of anilines is 1. The number of rotatable bonds is 3. The molecule has 0 bridgehead atoms. The number of hydrogen-bond acceptors (Lipinski definition) is 6. The van der Waals surface area contributed by atoms with Gasteiger partial charge in [0.25, 0.3) is 5.91 Å². The molecule has 1 aromatic heterocycles. The van der Waals surface area contributed by atoms with E-state index in [4.69, 9.17) is 9.31 Å². The van der Waals surface area contributed by atoms with Gasteiger partial charge in [0.15, 0.2) is 5.13 Å². The molecule has 6 nitrogen and oxygen atoms in total.